The van der Waals surface area contributed by atoms with Crippen LogP contribution in [-0.4, -0.2) is 58.6 Å². The molecule has 1 aromatic rings. The van der Waals surface area contributed by atoms with E-state index < -0.39 is 36.4 Å². The van der Waals surface area contributed by atoms with E-state index in [4.69, 9.17) is 14.6 Å². The quantitative estimate of drug-likeness (QED) is 0.483. The molecular formula is C24H35NO6. The van der Waals surface area contributed by atoms with Crippen LogP contribution in [0.4, 0.5) is 4.79 Å². The van der Waals surface area contributed by atoms with E-state index in [9.17, 15) is 14.7 Å². The highest BCUT2D eigenvalue weighted by Gasteiger charge is 2.46. The lowest BCUT2D eigenvalue weighted by molar-refractivity contribution is -0.136. The van der Waals surface area contributed by atoms with Gasteiger partial charge < -0.3 is 19.7 Å². The first kappa shape index (κ1) is 25.0. The molecule has 1 heterocycles. The highest BCUT2D eigenvalue weighted by molar-refractivity contribution is 5.96. The molecule has 7 nitrogen and oxygen atoms in total. The number of carbonyl (C=O) groups excluding carboxylic acids is 2. The van der Waals surface area contributed by atoms with Crippen LogP contribution in [0.1, 0.15) is 49.4 Å². The van der Waals surface area contributed by atoms with Crippen LogP contribution in [0.2, 0.25) is 0 Å². The summed E-state index contributed by atoms with van der Waals surface area (Å²) < 4.78 is 11.3. The number of nitrogens with zero attached hydrogens (tertiary/aromatic N) is 1. The van der Waals surface area contributed by atoms with Gasteiger partial charge in [-0.3, -0.25) is 4.79 Å². The Kier molecular flexibility index (Phi) is 8.40. The van der Waals surface area contributed by atoms with Crippen molar-refractivity contribution >= 4 is 12.0 Å². The van der Waals surface area contributed by atoms with Crippen LogP contribution < -0.4 is 0 Å². The molecule has 1 aliphatic heterocycles. The van der Waals surface area contributed by atoms with Gasteiger partial charge in [0.05, 0.1) is 32.0 Å². The van der Waals surface area contributed by atoms with E-state index in [1.807, 2.05) is 0 Å². The predicted molar refractivity (Wildman–Crippen MR) is 118 cm³/mol. The Bertz CT molecular complexity index is 803. The molecule has 31 heavy (non-hydrogen) atoms. The number of hydrogen-bond acceptors (Lipinski definition) is 6. The molecule has 1 fully saturated rings. The van der Waals surface area contributed by atoms with Gasteiger partial charge in [0.25, 0.3) is 0 Å². The van der Waals surface area contributed by atoms with E-state index in [0.717, 1.165) is 10.5 Å². The number of aliphatic hydroxyl groups is 2. The number of rotatable bonds is 8. The number of ether oxygens (including phenoxy) is 2. The second-order valence-corrected chi connectivity index (χ2v) is 9.19. The third-order valence-corrected chi connectivity index (χ3v) is 5.34. The number of aryl methyl sites for hydroxylation is 3. The first-order valence-electron chi connectivity index (χ1n) is 10.6. The maximum Gasteiger partial charge on any atom is 0.417 e. The Labute approximate surface area is 184 Å². The highest BCUT2D eigenvalue weighted by atomic mass is 16.6. The van der Waals surface area contributed by atoms with Gasteiger partial charge >= 0.3 is 6.09 Å². The Morgan fingerprint density at radius 3 is 2.42 bits per heavy atom. The van der Waals surface area contributed by atoms with E-state index in [-0.39, 0.29) is 5.91 Å². The fourth-order valence-electron chi connectivity index (χ4n) is 3.68. The van der Waals surface area contributed by atoms with Crippen LogP contribution in [0.5, 0.6) is 0 Å². The van der Waals surface area contributed by atoms with Crippen molar-refractivity contribution in [3.05, 3.63) is 46.5 Å². The van der Waals surface area contributed by atoms with Gasteiger partial charge in [-0.1, -0.05) is 50.6 Å². The molecule has 1 aliphatic rings. The van der Waals surface area contributed by atoms with Crippen molar-refractivity contribution in [2.24, 2.45) is 5.41 Å². The molecule has 0 radical (unpaired) electrons. The second-order valence-electron chi connectivity index (χ2n) is 9.19. The predicted octanol–water partition coefficient (Wildman–Crippen LogP) is 3.19. The molecule has 0 saturated carbocycles. The summed E-state index contributed by atoms with van der Waals surface area (Å²) in [5.74, 6) is -0.361. The molecule has 7 heteroatoms. The van der Waals surface area contributed by atoms with E-state index in [1.165, 1.54) is 22.8 Å². The molecule has 0 spiro atoms. The molecule has 1 saturated heterocycles. The molecule has 2 rings (SSSR count). The normalized spacial score (nSPS) is 20.4. The van der Waals surface area contributed by atoms with Crippen molar-refractivity contribution < 1.29 is 29.3 Å². The van der Waals surface area contributed by atoms with Gasteiger partial charge in [0, 0.05) is 11.8 Å². The van der Waals surface area contributed by atoms with Crippen LogP contribution in [0, 0.1) is 26.2 Å². The molecule has 1 aromatic carbocycles. The fourth-order valence-corrected chi connectivity index (χ4v) is 3.68. The van der Waals surface area contributed by atoms with Crippen LogP contribution >= 0.6 is 0 Å². The van der Waals surface area contributed by atoms with Gasteiger partial charge in [-0.2, -0.15) is 0 Å². The summed E-state index contributed by atoms with van der Waals surface area (Å²) in [5, 5.41) is 18.8. The number of imide groups is 1. The van der Waals surface area contributed by atoms with E-state index in [1.54, 1.807) is 26.8 Å². The molecule has 0 bridgehead atoms. The number of aliphatic hydroxyl groups excluding tert-OH is 2. The van der Waals surface area contributed by atoms with E-state index in [0.29, 0.717) is 19.6 Å². The zero-order chi connectivity index (χ0) is 23.3. The summed E-state index contributed by atoms with van der Waals surface area (Å²) in [6.45, 7) is 11.7. The SMILES string of the molecule is Cc1cc(C)c(COCC[C@@H]2OC(=O)N(C(=O)C(C)(C)C)[C@H]2/C=C/[C@H](O)CO)c(C)c1. The van der Waals surface area contributed by atoms with Crippen molar-refractivity contribution in [3.63, 3.8) is 0 Å². The van der Waals surface area contributed by atoms with Gasteiger partial charge in [-0.15, -0.1) is 0 Å². The minimum absolute atomic E-state index is 0.342. The monoisotopic (exact) mass is 433 g/mol. The maximum absolute atomic E-state index is 12.8. The van der Waals surface area contributed by atoms with Crippen molar-refractivity contribution in [2.75, 3.05) is 13.2 Å². The highest BCUT2D eigenvalue weighted by Crippen LogP contribution is 2.29. The summed E-state index contributed by atoms with van der Waals surface area (Å²) in [4.78, 5) is 26.4. The number of cyclic esters (lactones) is 1. The standard InChI is InChI=1S/C24H35NO6/c1-15-11-16(2)19(17(3)12-15)14-30-10-9-21-20(8-7-18(27)13-26)25(23(29)31-21)22(28)24(4,5)6/h7-8,11-12,18,20-21,26-27H,9-10,13-14H2,1-6H3/b8-7+/t18-,20-,21-/m0/s1. The van der Waals surface area contributed by atoms with Gasteiger partial charge in [0.2, 0.25) is 5.91 Å². The van der Waals surface area contributed by atoms with Crippen LogP contribution in [-0.2, 0) is 20.9 Å². The van der Waals surface area contributed by atoms with Crippen molar-refractivity contribution in [1.82, 2.24) is 4.90 Å². The van der Waals surface area contributed by atoms with Crippen LogP contribution in [0.25, 0.3) is 0 Å². The fraction of sp³-hybridized carbons (Fsp3) is 0.583. The number of carbonyl (C=O) groups is 2. The maximum atomic E-state index is 12.8. The Morgan fingerprint density at radius 1 is 1.26 bits per heavy atom. The summed E-state index contributed by atoms with van der Waals surface area (Å²) in [6, 6.07) is 3.56. The molecule has 0 unspecified atom stereocenters. The third-order valence-electron chi connectivity index (χ3n) is 5.34. The Morgan fingerprint density at radius 2 is 1.87 bits per heavy atom. The largest absolute Gasteiger partial charge is 0.443 e. The smallest absolute Gasteiger partial charge is 0.417 e. The Balaban J connectivity index is 2.08. The molecule has 2 N–H and O–H groups in total. The lowest BCUT2D eigenvalue weighted by Gasteiger charge is -2.27. The zero-order valence-electron chi connectivity index (χ0n) is 19.3. The first-order valence-corrected chi connectivity index (χ1v) is 10.6. The summed E-state index contributed by atoms with van der Waals surface area (Å²) in [7, 11) is 0. The Hall–Kier alpha value is -2.22. The summed E-state index contributed by atoms with van der Waals surface area (Å²) in [5.41, 5.74) is 3.92. The second kappa shape index (κ2) is 10.4. The lowest BCUT2D eigenvalue weighted by Crippen LogP contribution is -2.45. The zero-order valence-corrected chi connectivity index (χ0v) is 19.3. The summed E-state index contributed by atoms with van der Waals surface area (Å²) in [6.07, 6.45) is 0.945. The van der Waals surface area contributed by atoms with Crippen molar-refractivity contribution in [1.29, 1.82) is 0 Å². The summed E-state index contributed by atoms with van der Waals surface area (Å²) >= 11 is 0. The van der Waals surface area contributed by atoms with Gasteiger partial charge in [0.15, 0.2) is 0 Å². The minimum Gasteiger partial charge on any atom is -0.443 e. The van der Waals surface area contributed by atoms with Crippen molar-refractivity contribution in [2.45, 2.75) is 72.8 Å². The van der Waals surface area contributed by atoms with E-state index in [2.05, 4.69) is 32.9 Å². The van der Waals surface area contributed by atoms with E-state index >= 15 is 0 Å². The minimum atomic E-state index is -1.08. The molecule has 2 amide bonds. The first-order chi connectivity index (χ1) is 14.5. The average molecular weight is 434 g/mol. The molecule has 0 aliphatic carbocycles. The number of benzene rings is 1. The average Bonchev–Trinajstić information content (AvgIpc) is 2.98. The molecule has 0 aromatic heterocycles. The topological polar surface area (TPSA) is 96.3 Å². The van der Waals surface area contributed by atoms with Crippen LogP contribution in [0.15, 0.2) is 24.3 Å². The van der Waals surface area contributed by atoms with Gasteiger partial charge in [-0.25, -0.2) is 9.69 Å². The molecule has 172 valence electrons. The number of amides is 2. The lowest BCUT2D eigenvalue weighted by atomic mass is 9.93. The molecule has 3 atom stereocenters. The van der Waals surface area contributed by atoms with Gasteiger partial charge in [0.1, 0.15) is 6.10 Å². The van der Waals surface area contributed by atoms with Crippen LogP contribution in [0.3, 0.4) is 0 Å². The van der Waals surface area contributed by atoms with Crippen molar-refractivity contribution in [3.8, 4) is 0 Å². The number of hydrogen-bond donors (Lipinski definition) is 2. The molecular weight excluding hydrogens is 398 g/mol. The van der Waals surface area contributed by atoms with Gasteiger partial charge in [-0.05, 0) is 37.5 Å². The third kappa shape index (κ3) is 6.38.